The van der Waals surface area contributed by atoms with Crippen molar-refractivity contribution in [3.05, 3.63) is 69.2 Å². The smallest absolute Gasteiger partial charge is 0.352 e. The van der Waals surface area contributed by atoms with E-state index in [-0.39, 0.29) is 43.8 Å². The van der Waals surface area contributed by atoms with Crippen molar-refractivity contribution >= 4 is 26.0 Å². The van der Waals surface area contributed by atoms with Crippen LogP contribution in [0.5, 0.6) is 0 Å². The van der Waals surface area contributed by atoms with Gasteiger partial charge in [-0.25, -0.2) is 0 Å². The molecule has 1 aliphatic heterocycles. The van der Waals surface area contributed by atoms with E-state index in [9.17, 15) is 34.8 Å². The van der Waals surface area contributed by atoms with E-state index in [1.807, 2.05) is 0 Å². The zero-order valence-electron chi connectivity index (χ0n) is 18.9. The fourth-order valence-electron chi connectivity index (χ4n) is 3.99. The first kappa shape index (κ1) is 28.9. The molecule has 0 aromatic heterocycles. The minimum absolute atomic E-state index is 0.0737. The normalized spacial score (nSPS) is 21.5. The molecule has 36 heavy (non-hydrogen) atoms. The van der Waals surface area contributed by atoms with Gasteiger partial charge in [0.15, 0.2) is 6.29 Å². The number of halogens is 7. The highest BCUT2D eigenvalue weighted by atomic mass is 79.9. The Bertz CT molecular complexity index is 1120. The van der Waals surface area contributed by atoms with Crippen LogP contribution < -0.4 is 0 Å². The van der Waals surface area contributed by atoms with E-state index in [0.29, 0.717) is 18.6 Å². The van der Waals surface area contributed by atoms with E-state index in [4.69, 9.17) is 13.7 Å². The summed E-state index contributed by atoms with van der Waals surface area (Å²) in [5.41, 5.74) is -2.24. The van der Waals surface area contributed by atoms with Crippen molar-refractivity contribution in [2.45, 2.75) is 37.4 Å². The van der Waals surface area contributed by atoms with Gasteiger partial charge in [-0.15, -0.1) is 0 Å². The summed E-state index contributed by atoms with van der Waals surface area (Å²) in [6, 6.07) is 8.54. The number of rotatable bonds is 8. The molecule has 0 N–H and O–H groups in total. The molecule has 2 aromatic rings. The molecule has 3 rings (SSSR count). The highest BCUT2D eigenvalue weighted by Gasteiger charge is 2.38. The lowest BCUT2D eigenvalue weighted by molar-refractivity contribution is -0.189. The average molecular weight is 605 g/mol. The van der Waals surface area contributed by atoms with Crippen molar-refractivity contribution < 1.29 is 48.4 Å². The third kappa shape index (κ3) is 8.17. The van der Waals surface area contributed by atoms with E-state index in [1.165, 1.54) is 0 Å². The summed E-state index contributed by atoms with van der Waals surface area (Å²) >= 11 is 3.38. The van der Waals surface area contributed by atoms with Gasteiger partial charge < -0.3 is 9.47 Å². The van der Waals surface area contributed by atoms with Gasteiger partial charge >= 0.3 is 12.4 Å². The molecule has 1 heterocycles. The van der Waals surface area contributed by atoms with E-state index in [0.717, 1.165) is 16.3 Å². The van der Waals surface area contributed by atoms with Crippen LogP contribution in [0.1, 0.15) is 34.6 Å². The SMILES string of the molecule is CS(=O)(=O)OC[C@H]1CCO[C@H](OCCc2cc(C(F)(F)F)cc(C(F)(F)F)c2)[C@H]1c1cccc(Br)c1. The van der Waals surface area contributed by atoms with Crippen LogP contribution in [0.4, 0.5) is 26.3 Å². The van der Waals surface area contributed by atoms with Crippen LogP contribution in [0.3, 0.4) is 0 Å². The van der Waals surface area contributed by atoms with E-state index in [1.54, 1.807) is 24.3 Å². The summed E-state index contributed by atoms with van der Waals surface area (Å²) in [5.74, 6) is -0.830. The lowest BCUT2D eigenvalue weighted by atomic mass is 9.82. The van der Waals surface area contributed by atoms with Crippen molar-refractivity contribution in [1.82, 2.24) is 0 Å². The Hall–Kier alpha value is -1.67. The van der Waals surface area contributed by atoms with Crippen LogP contribution in [0.15, 0.2) is 46.9 Å². The van der Waals surface area contributed by atoms with Gasteiger partial charge in [-0.2, -0.15) is 34.8 Å². The second-order valence-electron chi connectivity index (χ2n) is 8.39. The molecule has 0 aliphatic carbocycles. The fourth-order valence-corrected chi connectivity index (χ4v) is 4.83. The Kier molecular flexibility index (Phi) is 9.13. The molecule has 0 bridgehead atoms. The van der Waals surface area contributed by atoms with Crippen molar-refractivity contribution in [3.63, 3.8) is 0 Å². The van der Waals surface area contributed by atoms with Crippen molar-refractivity contribution in [2.24, 2.45) is 5.92 Å². The molecule has 1 fully saturated rings. The summed E-state index contributed by atoms with van der Waals surface area (Å²) in [6.45, 7) is -0.163. The van der Waals surface area contributed by atoms with E-state index in [2.05, 4.69) is 15.9 Å². The lowest BCUT2D eigenvalue weighted by Gasteiger charge is -2.38. The second-order valence-corrected chi connectivity index (χ2v) is 11.0. The molecule has 1 saturated heterocycles. The number of hydrogen-bond donors (Lipinski definition) is 0. The molecule has 200 valence electrons. The number of benzene rings is 2. The number of hydrogen-bond acceptors (Lipinski definition) is 5. The van der Waals surface area contributed by atoms with Crippen LogP contribution in [-0.4, -0.2) is 40.8 Å². The van der Waals surface area contributed by atoms with Gasteiger partial charge in [0.05, 0.1) is 37.2 Å². The molecule has 13 heteroatoms. The molecule has 0 saturated carbocycles. The Morgan fingerprint density at radius 1 is 1.03 bits per heavy atom. The van der Waals surface area contributed by atoms with Gasteiger partial charge in [0.2, 0.25) is 0 Å². The highest BCUT2D eigenvalue weighted by Crippen LogP contribution is 2.39. The minimum Gasteiger partial charge on any atom is -0.352 e. The largest absolute Gasteiger partial charge is 0.416 e. The minimum atomic E-state index is -4.94. The standard InChI is InChI=1S/C23H23BrF6O5S/c1-36(31,32)35-13-16-6-8-34-21(20(16)15-3-2-4-19(24)11-15)33-7-5-14-9-17(22(25,26)27)12-18(10-14)23(28,29)30/h2-4,9-12,16,20-21H,5-8,13H2,1H3/t16-,20+,21+/m1/s1. The molecule has 3 atom stereocenters. The first-order valence-corrected chi connectivity index (χ1v) is 13.4. The van der Waals surface area contributed by atoms with E-state index >= 15 is 0 Å². The summed E-state index contributed by atoms with van der Waals surface area (Å²) in [4.78, 5) is 0. The fraction of sp³-hybridized carbons (Fsp3) is 0.478. The Balaban J connectivity index is 1.80. The monoisotopic (exact) mass is 604 g/mol. The maximum Gasteiger partial charge on any atom is 0.416 e. The maximum atomic E-state index is 13.1. The number of ether oxygens (including phenoxy) is 2. The third-order valence-corrected chi connectivity index (χ3v) is 6.68. The van der Waals surface area contributed by atoms with Gasteiger partial charge in [0.1, 0.15) is 0 Å². The molecular weight excluding hydrogens is 582 g/mol. The van der Waals surface area contributed by atoms with Crippen LogP contribution >= 0.6 is 15.9 Å². The highest BCUT2D eigenvalue weighted by molar-refractivity contribution is 9.10. The third-order valence-electron chi connectivity index (χ3n) is 5.62. The Labute approximate surface area is 213 Å². The molecule has 5 nitrogen and oxygen atoms in total. The van der Waals surface area contributed by atoms with Gasteiger partial charge in [-0.05, 0) is 60.2 Å². The van der Waals surface area contributed by atoms with Crippen molar-refractivity contribution in [1.29, 1.82) is 0 Å². The molecule has 0 amide bonds. The van der Waals surface area contributed by atoms with Crippen molar-refractivity contribution in [3.8, 4) is 0 Å². The average Bonchev–Trinajstić information content (AvgIpc) is 2.76. The predicted octanol–water partition coefficient (Wildman–Crippen LogP) is 6.17. The molecule has 0 radical (unpaired) electrons. The van der Waals surface area contributed by atoms with E-state index < -0.39 is 45.8 Å². The Morgan fingerprint density at radius 2 is 1.67 bits per heavy atom. The first-order valence-electron chi connectivity index (χ1n) is 10.7. The van der Waals surface area contributed by atoms with Gasteiger partial charge in [0, 0.05) is 10.4 Å². The summed E-state index contributed by atoms with van der Waals surface area (Å²) < 4.78 is 119. The second kappa shape index (κ2) is 11.4. The van der Waals surface area contributed by atoms with Gasteiger partial charge in [-0.3, -0.25) is 4.18 Å². The molecule has 2 aromatic carbocycles. The summed E-state index contributed by atoms with van der Waals surface area (Å²) in [5, 5.41) is 0. The molecule has 0 unspecified atom stereocenters. The summed E-state index contributed by atoms with van der Waals surface area (Å²) in [6.07, 6.45) is -9.66. The topological polar surface area (TPSA) is 61.8 Å². The maximum absolute atomic E-state index is 13.1. The van der Waals surface area contributed by atoms with Gasteiger partial charge in [-0.1, -0.05) is 28.1 Å². The van der Waals surface area contributed by atoms with Crippen LogP contribution in [0, 0.1) is 5.92 Å². The summed E-state index contributed by atoms with van der Waals surface area (Å²) in [7, 11) is -3.71. The Morgan fingerprint density at radius 3 is 2.22 bits per heavy atom. The predicted molar refractivity (Wildman–Crippen MR) is 122 cm³/mol. The van der Waals surface area contributed by atoms with Crippen LogP contribution in [0.25, 0.3) is 0 Å². The molecule has 1 aliphatic rings. The van der Waals surface area contributed by atoms with Gasteiger partial charge in [0.25, 0.3) is 10.1 Å². The van der Waals surface area contributed by atoms with Crippen LogP contribution in [-0.2, 0) is 42.5 Å². The molecular formula is C23H23BrF6O5S. The first-order chi connectivity index (χ1) is 16.6. The zero-order chi connectivity index (χ0) is 26.7. The van der Waals surface area contributed by atoms with Crippen LogP contribution in [0.2, 0.25) is 0 Å². The zero-order valence-corrected chi connectivity index (χ0v) is 21.3. The quantitative estimate of drug-likeness (QED) is 0.266. The number of alkyl halides is 6. The lowest BCUT2D eigenvalue weighted by Crippen LogP contribution is -2.39. The van der Waals surface area contributed by atoms with Crippen molar-refractivity contribution in [2.75, 3.05) is 26.1 Å². The molecule has 0 spiro atoms.